The van der Waals surface area contributed by atoms with Gasteiger partial charge in [-0.25, -0.2) is 0 Å². The number of ether oxygens (including phenoxy) is 1. The molecule has 0 atom stereocenters. The summed E-state index contributed by atoms with van der Waals surface area (Å²) in [5.74, 6) is 1.41. The van der Waals surface area contributed by atoms with Gasteiger partial charge in [-0.1, -0.05) is 12.1 Å². The Bertz CT molecular complexity index is 1230. The van der Waals surface area contributed by atoms with Crippen molar-refractivity contribution in [3.8, 4) is 28.7 Å². The Morgan fingerprint density at radius 2 is 1.28 bits per heavy atom. The minimum atomic E-state index is 0.0796. The zero-order chi connectivity index (χ0) is 22.8. The van der Waals surface area contributed by atoms with Crippen molar-refractivity contribution in [2.24, 2.45) is 0 Å². The van der Waals surface area contributed by atoms with Crippen LogP contribution in [0.25, 0.3) is 0 Å². The smallest absolute Gasteiger partial charge is 0.169 e. The van der Waals surface area contributed by atoms with Gasteiger partial charge < -0.3 is 25.0 Å². The van der Waals surface area contributed by atoms with Crippen molar-refractivity contribution in [3.05, 3.63) is 95.6 Å². The SMILES string of the molecule is Cc1ccc(Oc2cccc(N(c3ccc(O)cc3C)c3ccc(O)cc3C)c2)c(O)c1. The maximum atomic E-state index is 10.2. The van der Waals surface area contributed by atoms with Crippen molar-refractivity contribution >= 4 is 17.1 Å². The van der Waals surface area contributed by atoms with E-state index >= 15 is 0 Å². The van der Waals surface area contributed by atoms with E-state index in [4.69, 9.17) is 4.74 Å². The molecule has 0 aliphatic carbocycles. The zero-order valence-corrected chi connectivity index (χ0v) is 18.2. The summed E-state index contributed by atoms with van der Waals surface area (Å²) < 4.78 is 5.97. The van der Waals surface area contributed by atoms with Crippen LogP contribution >= 0.6 is 0 Å². The fourth-order valence-corrected chi connectivity index (χ4v) is 3.72. The second-order valence-corrected chi connectivity index (χ2v) is 7.85. The Labute approximate surface area is 187 Å². The summed E-state index contributed by atoms with van der Waals surface area (Å²) in [6.45, 7) is 5.77. The minimum absolute atomic E-state index is 0.0796. The number of phenols is 3. The average molecular weight is 428 g/mol. The molecule has 0 unspecified atom stereocenters. The summed E-state index contributed by atoms with van der Waals surface area (Å²) in [6, 6.07) is 23.3. The molecule has 0 aliphatic rings. The number of aryl methyl sites for hydroxylation is 3. The van der Waals surface area contributed by atoms with Crippen LogP contribution in [0.15, 0.2) is 78.9 Å². The first-order valence-electron chi connectivity index (χ1n) is 10.3. The molecule has 5 heteroatoms. The maximum absolute atomic E-state index is 10.2. The highest BCUT2D eigenvalue weighted by molar-refractivity contribution is 5.81. The van der Waals surface area contributed by atoms with Gasteiger partial charge in [-0.2, -0.15) is 0 Å². The van der Waals surface area contributed by atoms with Gasteiger partial charge in [0.2, 0.25) is 0 Å². The Hall–Kier alpha value is -4.12. The molecule has 0 heterocycles. The fraction of sp³-hybridized carbons (Fsp3) is 0.111. The summed E-state index contributed by atoms with van der Waals surface area (Å²) in [5, 5.41) is 30.0. The van der Waals surface area contributed by atoms with E-state index in [-0.39, 0.29) is 17.2 Å². The van der Waals surface area contributed by atoms with E-state index in [1.807, 2.05) is 68.1 Å². The van der Waals surface area contributed by atoms with Crippen LogP contribution in [-0.2, 0) is 0 Å². The van der Waals surface area contributed by atoms with E-state index < -0.39 is 0 Å². The first-order valence-corrected chi connectivity index (χ1v) is 10.3. The number of hydrogen-bond donors (Lipinski definition) is 3. The number of anilines is 3. The topological polar surface area (TPSA) is 73.2 Å². The van der Waals surface area contributed by atoms with Crippen molar-refractivity contribution in [3.63, 3.8) is 0 Å². The predicted octanol–water partition coefficient (Wildman–Crippen LogP) is 6.99. The largest absolute Gasteiger partial charge is 0.508 e. The van der Waals surface area contributed by atoms with Gasteiger partial charge in [-0.3, -0.25) is 0 Å². The third kappa shape index (κ3) is 4.32. The molecule has 32 heavy (non-hydrogen) atoms. The molecular formula is C27H25NO4. The molecule has 0 aliphatic heterocycles. The van der Waals surface area contributed by atoms with Crippen molar-refractivity contribution in [2.75, 3.05) is 4.90 Å². The van der Waals surface area contributed by atoms with Crippen molar-refractivity contribution in [1.29, 1.82) is 0 Å². The second kappa shape index (κ2) is 8.55. The lowest BCUT2D eigenvalue weighted by molar-refractivity contribution is 0.411. The molecule has 0 radical (unpaired) electrons. The van der Waals surface area contributed by atoms with Gasteiger partial charge in [0.05, 0.1) is 0 Å². The van der Waals surface area contributed by atoms with Gasteiger partial charge >= 0.3 is 0 Å². The monoisotopic (exact) mass is 427 g/mol. The molecule has 0 fully saturated rings. The summed E-state index contributed by atoms with van der Waals surface area (Å²) in [7, 11) is 0. The Kier molecular flexibility index (Phi) is 5.65. The standard InChI is InChI=1S/C27H25NO4/c1-17-7-12-27(26(31)13-17)32-23-6-4-5-20(16-23)28(24-10-8-21(29)14-18(24)2)25-11-9-22(30)15-19(25)3/h4-16,29-31H,1-3H3. The summed E-state index contributed by atoms with van der Waals surface area (Å²) in [5.41, 5.74) is 5.32. The quantitative estimate of drug-likeness (QED) is 0.320. The van der Waals surface area contributed by atoms with E-state index in [0.29, 0.717) is 11.5 Å². The number of rotatable bonds is 5. The van der Waals surface area contributed by atoms with Crippen LogP contribution in [0.5, 0.6) is 28.7 Å². The number of hydrogen-bond acceptors (Lipinski definition) is 5. The third-order valence-electron chi connectivity index (χ3n) is 5.26. The number of benzene rings is 4. The minimum Gasteiger partial charge on any atom is -0.508 e. The van der Waals surface area contributed by atoms with Gasteiger partial charge in [-0.05, 0) is 98.1 Å². The van der Waals surface area contributed by atoms with Crippen LogP contribution in [-0.4, -0.2) is 15.3 Å². The molecule has 0 aromatic heterocycles. The van der Waals surface area contributed by atoms with Crippen LogP contribution in [0.1, 0.15) is 16.7 Å². The first-order chi connectivity index (χ1) is 15.3. The molecule has 3 N–H and O–H groups in total. The number of phenolic OH excluding ortho intramolecular Hbond substituents is 3. The highest BCUT2D eigenvalue weighted by Gasteiger charge is 2.18. The number of aromatic hydroxyl groups is 3. The molecule has 0 saturated carbocycles. The van der Waals surface area contributed by atoms with Gasteiger partial charge in [-0.15, -0.1) is 0 Å². The number of nitrogens with zero attached hydrogens (tertiary/aromatic N) is 1. The summed E-state index contributed by atoms with van der Waals surface area (Å²) >= 11 is 0. The second-order valence-electron chi connectivity index (χ2n) is 7.85. The van der Waals surface area contributed by atoms with Gasteiger partial charge in [0.1, 0.15) is 17.2 Å². The molecule has 0 amide bonds. The van der Waals surface area contributed by atoms with Crippen LogP contribution in [0.4, 0.5) is 17.1 Å². The van der Waals surface area contributed by atoms with Crippen LogP contribution in [0, 0.1) is 20.8 Å². The van der Waals surface area contributed by atoms with Crippen molar-refractivity contribution < 1.29 is 20.1 Å². The molecule has 4 rings (SSSR count). The fourth-order valence-electron chi connectivity index (χ4n) is 3.72. The molecule has 0 saturated heterocycles. The normalized spacial score (nSPS) is 10.7. The lowest BCUT2D eigenvalue weighted by Gasteiger charge is -2.29. The molecule has 0 spiro atoms. The highest BCUT2D eigenvalue weighted by atomic mass is 16.5. The van der Waals surface area contributed by atoms with Crippen LogP contribution in [0.2, 0.25) is 0 Å². The van der Waals surface area contributed by atoms with E-state index in [1.165, 1.54) is 0 Å². The van der Waals surface area contributed by atoms with E-state index in [1.54, 1.807) is 36.4 Å². The van der Waals surface area contributed by atoms with Crippen molar-refractivity contribution in [1.82, 2.24) is 0 Å². The van der Waals surface area contributed by atoms with E-state index in [9.17, 15) is 15.3 Å². The average Bonchev–Trinajstić information content (AvgIpc) is 2.73. The Morgan fingerprint density at radius 3 is 1.84 bits per heavy atom. The highest BCUT2D eigenvalue weighted by Crippen LogP contribution is 2.41. The molecule has 0 bridgehead atoms. The van der Waals surface area contributed by atoms with Crippen LogP contribution in [0.3, 0.4) is 0 Å². The van der Waals surface area contributed by atoms with Crippen molar-refractivity contribution in [2.45, 2.75) is 20.8 Å². The van der Waals surface area contributed by atoms with Gasteiger partial charge in [0, 0.05) is 23.1 Å². The Balaban J connectivity index is 1.82. The lowest BCUT2D eigenvalue weighted by atomic mass is 10.1. The predicted molar refractivity (Wildman–Crippen MR) is 127 cm³/mol. The molecule has 4 aromatic carbocycles. The lowest BCUT2D eigenvalue weighted by Crippen LogP contribution is -2.12. The summed E-state index contributed by atoms with van der Waals surface area (Å²) in [4.78, 5) is 2.05. The third-order valence-corrected chi connectivity index (χ3v) is 5.26. The van der Waals surface area contributed by atoms with Gasteiger partial charge in [0.25, 0.3) is 0 Å². The molecule has 4 aromatic rings. The summed E-state index contributed by atoms with van der Waals surface area (Å²) in [6.07, 6.45) is 0. The molecule has 5 nitrogen and oxygen atoms in total. The maximum Gasteiger partial charge on any atom is 0.169 e. The van der Waals surface area contributed by atoms with E-state index in [2.05, 4.69) is 0 Å². The zero-order valence-electron chi connectivity index (χ0n) is 18.2. The van der Waals surface area contributed by atoms with Crippen LogP contribution < -0.4 is 9.64 Å². The first kappa shape index (κ1) is 21.1. The van der Waals surface area contributed by atoms with E-state index in [0.717, 1.165) is 33.8 Å². The van der Waals surface area contributed by atoms with Gasteiger partial charge in [0.15, 0.2) is 11.5 Å². The molecular weight excluding hydrogens is 402 g/mol. The Morgan fingerprint density at radius 1 is 0.656 bits per heavy atom. The molecule has 162 valence electrons.